The molecule has 0 bridgehead atoms. The van der Waals surface area contributed by atoms with Gasteiger partial charge in [0.15, 0.2) is 0 Å². The summed E-state index contributed by atoms with van der Waals surface area (Å²) >= 11 is 0. The number of benzene rings is 2. The van der Waals surface area contributed by atoms with Crippen LogP contribution in [0.5, 0.6) is 5.75 Å². The average molecular weight is 390 g/mol. The minimum absolute atomic E-state index is 0.0538. The first kappa shape index (κ1) is 20.8. The Labute approximate surface area is 159 Å². The highest BCUT2D eigenvalue weighted by molar-refractivity contribution is 5.95. The van der Waals surface area contributed by atoms with Crippen LogP contribution in [0.15, 0.2) is 48.5 Å². The van der Waals surface area contributed by atoms with Crippen molar-refractivity contribution >= 4 is 17.5 Å². The van der Waals surface area contributed by atoms with Gasteiger partial charge in [-0.15, -0.1) is 0 Å². The molecular weight excluding hydrogens is 373 g/mol. The molecule has 2 rings (SSSR count). The van der Waals surface area contributed by atoms with E-state index < -0.39 is 11.7 Å². The third-order valence-electron chi connectivity index (χ3n) is 3.40. The second-order valence-electron chi connectivity index (χ2n) is 5.61. The summed E-state index contributed by atoms with van der Waals surface area (Å²) in [6.45, 7) is 1.33. The van der Waals surface area contributed by atoms with Crippen molar-refractivity contribution in [2.24, 2.45) is 0 Å². The Bertz CT molecular complexity index is 897. The molecule has 0 aliphatic rings. The first-order valence-electron chi connectivity index (χ1n) is 8.17. The number of anilines is 1. The fourth-order valence-electron chi connectivity index (χ4n) is 2.13. The number of amides is 2. The number of alkyl halides is 3. The Morgan fingerprint density at radius 2 is 1.79 bits per heavy atom. The largest absolute Gasteiger partial charge is 0.481 e. The first-order valence-corrected chi connectivity index (χ1v) is 8.17. The summed E-state index contributed by atoms with van der Waals surface area (Å²) in [5.41, 5.74) is 0.182. The number of hydrogen-bond donors (Lipinski definition) is 2. The fraction of sp³-hybridized carbons (Fsp3) is 0.200. The van der Waals surface area contributed by atoms with Crippen LogP contribution in [-0.4, -0.2) is 25.0 Å². The summed E-state index contributed by atoms with van der Waals surface area (Å²) in [5.74, 6) is 4.78. The predicted molar refractivity (Wildman–Crippen MR) is 97.8 cm³/mol. The maximum absolute atomic E-state index is 12.6. The number of halogens is 3. The molecule has 0 fully saturated rings. The van der Waals surface area contributed by atoms with Crippen molar-refractivity contribution in [2.75, 3.05) is 18.5 Å². The molecular formula is C20H17F3N2O3. The van der Waals surface area contributed by atoms with E-state index in [0.29, 0.717) is 11.3 Å². The number of nitrogens with one attached hydrogen (secondary N) is 2. The normalized spacial score (nSPS) is 10.4. The van der Waals surface area contributed by atoms with Crippen molar-refractivity contribution in [1.29, 1.82) is 0 Å². The molecule has 0 saturated carbocycles. The Balaban J connectivity index is 1.78. The summed E-state index contributed by atoms with van der Waals surface area (Å²) < 4.78 is 43.0. The maximum Gasteiger partial charge on any atom is 0.416 e. The molecule has 0 heterocycles. The number of hydrogen-bond acceptors (Lipinski definition) is 3. The summed E-state index contributed by atoms with van der Waals surface area (Å²) in [6.07, 6.45) is -4.43. The number of rotatable bonds is 5. The molecule has 8 heteroatoms. The van der Waals surface area contributed by atoms with E-state index in [1.807, 2.05) is 0 Å². The van der Waals surface area contributed by atoms with E-state index in [-0.39, 0.29) is 30.7 Å². The van der Waals surface area contributed by atoms with Crippen molar-refractivity contribution in [1.82, 2.24) is 5.32 Å². The molecule has 2 aromatic carbocycles. The Morgan fingerprint density at radius 3 is 2.43 bits per heavy atom. The lowest BCUT2D eigenvalue weighted by Crippen LogP contribution is -2.23. The minimum Gasteiger partial charge on any atom is -0.481 e. The quantitative estimate of drug-likeness (QED) is 0.769. The number of carbonyl (C=O) groups excluding carboxylic acids is 2. The third-order valence-corrected chi connectivity index (χ3v) is 3.40. The molecule has 0 spiro atoms. The highest BCUT2D eigenvalue weighted by Gasteiger charge is 2.30. The summed E-state index contributed by atoms with van der Waals surface area (Å²) in [6, 6.07) is 10.8. The van der Waals surface area contributed by atoms with Gasteiger partial charge in [0.25, 0.3) is 5.91 Å². The molecule has 2 N–H and O–H groups in total. The highest BCUT2D eigenvalue weighted by Crippen LogP contribution is 2.31. The molecule has 28 heavy (non-hydrogen) atoms. The molecule has 0 aromatic heterocycles. The van der Waals surface area contributed by atoms with Crippen LogP contribution in [0.25, 0.3) is 0 Å². The van der Waals surface area contributed by atoms with Gasteiger partial charge in [0.05, 0.1) is 12.1 Å². The van der Waals surface area contributed by atoms with Crippen LogP contribution in [-0.2, 0) is 11.0 Å². The smallest absolute Gasteiger partial charge is 0.416 e. The van der Waals surface area contributed by atoms with Gasteiger partial charge in [-0.25, -0.2) is 0 Å². The monoisotopic (exact) mass is 390 g/mol. The summed E-state index contributed by atoms with van der Waals surface area (Å²) in [7, 11) is 0. The van der Waals surface area contributed by atoms with E-state index in [1.54, 1.807) is 24.3 Å². The van der Waals surface area contributed by atoms with Crippen molar-refractivity contribution in [2.45, 2.75) is 13.1 Å². The lowest BCUT2D eigenvalue weighted by Gasteiger charge is -2.08. The van der Waals surface area contributed by atoms with Crippen LogP contribution >= 0.6 is 0 Å². The maximum atomic E-state index is 12.6. The highest BCUT2D eigenvalue weighted by atomic mass is 19.4. The summed E-state index contributed by atoms with van der Waals surface area (Å²) in [5, 5.41) is 5.18. The second-order valence-corrected chi connectivity index (χ2v) is 5.61. The standard InChI is InChI=1S/C20H17F3N2O3/c1-14(26)25-17-9-7-15(8-10-17)19(27)24-11-2-3-12-28-18-6-4-5-16(13-18)20(21,22)23/h4-10,13H,11-12H2,1H3,(H,24,27)(H,25,26). The van der Waals surface area contributed by atoms with E-state index >= 15 is 0 Å². The molecule has 0 atom stereocenters. The first-order chi connectivity index (χ1) is 13.3. The zero-order chi connectivity index (χ0) is 20.6. The molecule has 146 valence electrons. The Hall–Kier alpha value is -3.47. The van der Waals surface area contributed by atoms with Crippen LogP contribution in [0.1, 0.15) is 22.8 Å². The third kappa shape index (κ3) is 6.68. The zero-order valence-electron chi connectivity index (χ0n) is 14.9. The number of carbonyl (C=O) groups is 2. The van der Waals surface area contributed by atoms with Crippen molar-refractivity contribution in [3.8, 4) is 17.6 Å². The van der Waals surface area contributed by atoms with E-state index in [1.165, 1.54) is 19.1 Å². The van der Waals surface area contributed by atoms with Crippen LogP contribution < -0.4 is 15.4 Å². The van der Waals surface area contributed by atoms with E-state index in [2.05, 4.69) is 22.5 Å². The molecule has 0 saturated heterocycles. The van der Waals surface area contributed by atoms with Gasteiger partial charge in [0.2, 0.25) is 5.91 Å². The fourth-order valence-corrected chi connectivity index (χ4v) is 2.13. The van der Waals surface area contributed by atoms with Gasteiger partial charge < -0.3 is 15.4 Å². The van der Waals surface area contributed by atoms with Gasteiger partial charge in [-0.2, -0.15) is 13.2 Å². The second kappa shape index (κ2) is 9.46. The lowest BCUT2D eigenvalue weighted by molar-refractivity contribution is -0.137. The molecule has 0 aliphatic heterocycles. The van der Waals surface area contributed by atoms with Crippen molar-refractivity contribution in [3.63, 3.8) is 0 Å². The topological polar surface area (TPSA) is 67.4 Å². The molecule has 0 unspecified atom stereocenters. The SMILES string of the molecule is CC(=O)Nc1ccc(C(=O)NCC#CCOc2cccc(C(F)(F)F)c2)cc1. The van der Waals surface area contributed by atoms with Crippen LogP contribution in [0.3, 0.4) is 0 Å². The van der Waals surface area contributed by atoms with Crippen molar-refractivity contribution < 1.29 is 27.5 Å². The Morgan fingerprint density at radius 1 is 1.07 bits per heavy atom. The molecule has 2 aromatic rings. The van der Waals surface area contributed by atoms with Gasteiger partial charge in [-0.3, -0.25) is 9.59 Å². The van der Waals surface area contributed by atoms with Gasteiger partial charge in [-0.05, 0) is 42.5 Å². The molecule has 5 nitrogen and oxygen atoms in total. The lowest BCUT2D eigenvalue weighted by atomic mass is 10.2. The Kier molecular flexibility index (Phi) is 7.04. The van der Waals surface area contributed by atoms with E-state index in [4.69, 9.17) is 4.74 Å². The van der Waals surface area contributed by atoms with Crippen LogP contribution in [0.4, 0.5) is 18.9 Å². The molecule has 0 radical (unpaired) electrons. The van der Waals surface area contributed by atoms with Crippen LogP contribution in [0, 0.1) is 11.8 Å². The minimum atomic E-state index is -4.43. The van der Waals surface area contributed by atoms with Gasteiger partial charge in [0.1, 0.15) is 12.4 Å². The zero-order valence-corrected chi connectivity index (χ0v) is 14.9. The average Bonchev–Trinajstić information content (AvgIpc) is 2.64. The van der Waals surface area contributed by atoms with Crippen LogP contribution in [0.2, 0.25) is 0 Å². The molecule has 2 amide bonds. The van der Waals surface area contributed by atoms with E-state index in [0.717, 1.165) is 12.1 Å². The van der Waals surface area contributed by atoms with Gasteiger partial charge in [0, 0.05) is 18.2 Å². The predicted octanol–water partition coefficient (Wildman–Crippen LogP) is 3.48. The van der Waals surface area contributed by atoms with Crippen molar-refractivity contribution in [3.05, 3.63) is 59.7 Å². The van der Waals surface area contributed by atoms with E-state index in [9.17, 15) is 22.8 Å². The van der Waals surface area contributed by atoms with Gasteiger partial charge >= 0.3 is 6.18 Å². The summed E-state index contributed by atoms with van der Waals surface area (Å²) in [4.78, 5) is 22.9. The number of ether oxygens (including phenoxy) is 1. The van der Waals surface area contributed by atoms with Gasteiger partial charge in [-0.1, -0.05) is 17.9 Å². The molecule has 0 aliphatic carbocycles.